The smallest absolute Gasteiger partial charge is 0.273 e. The zero-order chi connectivity index (χ0) is 14.5. The second-order valence-corrected chi connectivity index (χ2v) is 4.56. The van der Waals surface area contributed by atoms with Crippen molar-refractivity contribution in [2.45, 2.75) is 6.54 Å². The van der Waals surface area contributed by atoms with Crippen LogP contribution in [-0.2, 0) is 6.54 Å². The lowest BCUT2D eigenvalue weighted by Crippen LogP contribution is -2.05. The van der Waals surface area contributed by atoms with Gasteiger partial charge in [0.15, 0.2) is 0 Å². The van der Waals surface area contributed by atoms with E-state index < -0.39 is 0 Å². The average molecular weight is 278 g/mol. The van der Waals surface area contributed by atoms with Crippen molar-refractivity contribution in [1.29, 1.82) is 0 Å². The van der Waals surface area contributed by atoms with E-state index in [0.29, 0.717) is 12.1 Å². The van der Waals surface area contributed by atoms with E-state index in [9.17, 15) is 4.79 Å². The Bertz CT molecular complexity index is 788. The van der Waals surface area contributed by atoms with Crippen molar-refractivity contribution in [3.05, 3.63) is 76.3 Å². The molecule has 0 saturated heterocycles. The first-order valence-electron chi connectivity index (χ1n) is 6.59. The molecular formula is C16H14N4O. The van der Waals surface area contributed by atoms with Crippen molar-refractivity contribution < 1.29 is 0 Å². The van der Waals surface area contributed by atoms with Crippen LogP contribution in [0.3, 0.4) is 0 Å². The van der Waals surface area contributed by atoms with E-state index in [2.05, 4.69) is 20.2 Å². The van der Waals surface area contributed by atoms with E-state index in [1.807, 2.05) is 42.5 Å². The van der Waals surface area contributed by atoms with Gasteiger partial charge in [-0.15, -0.1) is 0 Å². The summed E-state index contributed by atoms with van der Waals surface area (Å²) < 4.78 is 0. The summed E-state index contributed by atoms with van der Waals surface area (Å²) in [6.45, 7) is 0.493. The molecule has 0 unspecified atom stereocenters. The Balaban J connectivity index is 1.86. The minimum atomic E-state index is -0.177. The molecule has 2 heterocycles. The molecule has 0 atom stereocenters. The molecule has 0 saturated carbocycles. The number of aromatic amines is 2. The van der Waals surface area contributed by atoms with Crippen LogP contribution in [0.1, 0.15) is 11.1 Å². The summed E-state index contributed by atoms with van der Waals surface area (Å²) in [5.41, 5.74) is 3.05. The highest BCUT2D eigenvalue weighted by atomic mass is 16.1. The summed E-state index contributed by atoms with van der Waals surface area (Å²) in [5.74, 6) is 0. The quantitative estimate of drug-likeness (QED) is 0.719. The van der Waals surface area contributed by atoms with Gasteiger partial charge < -0.3 is 0 Å². The molecule has 0 aliphatic heterocycles. The Labute approximate surface area is 121 Å². The van der Waals surface area contributed by atoms with E-state index in [0.717, 1.165) is 16.8 Å². The Hall–Kier alpha value is -2.95. The van der Waals surface area contributed by atoms with Gasteiger partial charge in [-0.3, -0.25) is 25.0 Å². The number of hydrogen-bond donors (Lipinski definition) is 2. The zero-order valence-corrected chi connectivity index (χ0v) is 11.3. The van der Waals surface area contributed by atoms with Crippen molar-refractivity contribution in [2.24, 2.45) is 4.99 Å². The minimum absolute atomic E-state index is 0.177. The molecule has 2 N–H and O–H groups in total. The molecule has 5 nitrogen and oxygen atoms in total. The number of rotatable bonds is 4. The van der Waals surface area contributed by atoms with E-state index in [4.69, 9.17) is 0 Å². The summed E-state index contributed by atoms with van der Waals surface area (Å²) in [4.78, 5) is 20.2. The van der Waals surface area contributed by atoms with E-state index >= 15 is 0 Å². The Kier molecular flexibility index (Phi) is 3.73. The van der Waals surface area contributed by atoms with Crippen LogP contribution in [-0.4, -0.2) is 21.4 Å². The number of benzene rings is 1. The molecule has 0 amide bonds. The van der Waals surface area contributed by atoms with E-state index in [1.165, 1.54) is 0 Å². The van der Waals surface area contributed by atoms with Gasteiger partial charge in [-0.1, -0.05) is 36.4 Å². The molecule has 0 fully saturated rings. The highest BCUT2D eigenvalue weighted by Crippen LogP contribution is 2.17. The number of H-pyrrole nitrogens is 2. The molecule has 2 aromatic heterocycles. The van der Waals surface area contributed by atoms with Gasteiger partial charge in [-0.05, 0) is 11.6 Å². The largest absolute Gasteiger partial charge is 0.297 e. The second-order valence-electron chi connectivity index (χ2n) is 4.56. The van der Waals surface area contributed by atoms with Crippen LogP contribution in [0.5, 0.6) is 0 Å². The molecule has 3 aromatic rings. The van der Waals surface area contributed by atoms with Crippen LogP contribution in [0.2, 0.25) is 0 Å². The molecule has 0 radical (unpaired) electrons. The lowest BCUT2D eigenvalue weighted by molar-refractivity contribution is 1.05. The molecule has 0 aliphatic rings. The van der Waals surface area contributed by atoms with Crippen LogP contribution in [0, 0.1) is 0 Å². The third-order valence-electron chi connectivity index (χ3n) is 3.09. The number of nitrogens with zero attached hydrogens (tertiary/aromatic N) is 2. The SMILES string of the molecule is O=c1[nH][nH]c(-c2ccccc2)c1C=NCc1cccnc1. The van der Waals surface area contributed by atoms with E-state index in [-0.39, 0.29) is 5.56 Å². The first-order valence-corrected chi connectivity index (χ1v) is 6.59. The van der Waals surface area contributed by atoms with Gasteiger partial charge in [0.1, 0.15) is 0 Å². The predicted molar refractivity (Wildman–Crippen MR) is 82.4 cm³/mol. The normalized spacial score (nSPS) is 11.0. The summed E-state index contributed by atoms with van der Waals surface area (Å²) in [7, 11) is 0. The molecule has 1 aromatic carbocycles. The Morgan fingerprint density at radius 2 is 1.95 bits per heavy atom. The topological polar surface area (TPSA) is 73.9 Å². The van der Waals surface area contributed by atoms with Gasteiger partial charge in [0.05, 0.1) is 17.8 Å². The summed E-state index contributed by atoms with van der Waals surface area (Å²) in [5, 5.41) is 5.50. The Morgan fingerprint density at radius 3 is 2.71 bits per heavy atom. The fraction of sp³-hybridized carbons (Fsp3) is 0.0625. The third-order valence-corrected chi connectivity index (χ3v) is 3.09. The molecule has 0 aliphatic carbocycles. The fourth-order valence-electron chi connectivity index (χ4n) is 2.06. The van der Waals surface area contributed by atoms with Gasteiger partial charge in [-0.2, -0.15) is 0 Å². The van der Waals surface area contributed by atoms with Crippen LogP contribution in [0.25, 0.3) is 11.3 Å². The monoisotopic (exact) mass is 278 g/mol. The third kappa shape index (κ3) is 2.97. The summed E-state index contributed by atoms with van der Waals surface area (Å²) >= 11 is 0. The highest BCUT2D eigenvalue weighted by Gasteiger charge is 2.09. The number of hydrogen-bond acceptors (Lipinski definition) is 3. The first kappa shape index (κ1) is 13.1. The van der Waals surface area contributed by atoms with Crippen molar-refractivity contribution in [2.75, 3.05) is 0 Å². The zero-order valence-electron chi connectivity index (χ0n) is 11.3. The standard InChI is InChI=1S/C16H14N4O/c21-16-14(11-18-10-12-5-4-8-17-9-12)15(19-20-16)13-6-2-1-3-7-13/h1-9,11H,10H2,(H2,19,20,21). The lowest BCUT2D eigenvalue weighted by atomic mass is 10.1. The average Bonchev–Trinajstić information content (AvgIpc) is 2.91. The number of aliphatic imine (C=N–C) groups is 1. The molecule has 0 bridgehead atoms. The summed E-state index contributed by atoms with van der Waals surface area (Å²) in [6.07, 6.45) is 5.08. The minimum Gasteiger partial charge on any atom is -0.297 e. The maximum atomic E-state index is 11.9. The molecule has 21 heavy (non-hydrogen) atoms. The van der Waals surface area contributed by atoms with Crippen LogP contribution >= 0.6 is 0 Å². The van der Waals surface area contributed by atoms with Gasteiger partial charge in [0.2, 0.25) is 0 Å². The van der Waals surface area contributed by atoms with Gasteiger partial charge in [0.25, 0.3) is 5.56 Å². The number of pyridine rings is 1. The number of aromatic nitrogens is 3. The van der Waals surface area contributed by atoms with Gasteiger partial charge >= 0.3 is 0 Å². The first-order chi connectivity index (χ1) is 10.3. The molecule has 0 spiro atoms. The predicted octanol–water partition coefficient (Wildman–Crippen LogP) is 2.38. The maximum Gasteiger partial charge on any atom is 0.273 e. The highest BCUT2D eigenvalue weighted by molar-refractivity contribution is 5.88. The van der Waals surface area contributed by atoms with Crippen molar-refractivity contribution in [3.63, 3.8) is 0 Å². The van der Waals surface area contributed by atoms with Crippen LogP contribution in [0.15, 0.2) is 64.6 Å². The fourth-order valence-corrected chi connectivity index (χ4v) is 2.06. The molecule has 3 rings (SSSR count). The van der Waals surface area contributed by atoms with Gasteiger partial charge in [-0.25, -0.2) is 0 Å². The number of nitrogens with one attached hydrogen (secondary N) is 2. The van der Waals surface area contributed by atoms with Crippen molar-refractivity contribution in [3.8, 4) is 11.3 Å². The lowest BCUT2D eigenvalue weighted by Gasteiger charge is -1.98. The van der Waals surface area contributed by atoms with Crippen LogP contribution < -0.4 is 5.56 Å². The maximum absolute atomic E-state index is 11.9. The van der Waals surface area contributed by atoms with E-state index in [1.54, 1.807) is 18.6 Å². The van der Waals surface area contributed by atoms with Crippen molar-refractivity contribution in [1.82, 2.24) is 15.2 Å². The second kappa shape index (κ2) is 6.00. The van der Waals surface area contributed by atoms with Crippen LogP contribution in [0.4, 0.5) is 0 Å². The summed E-state index contributed by atoms with van der Waals surface area (Å²) in [6, 6.07) is 13.5. The molecule has 104 valence electrons. The molecule has 5 heteroatoms. The van der Waals surface area contributed by atoms with Gasteiger partial charge in [0, 0.05) is 24.2 Å². The molecular weight excluding hydrogens is 264 g/mol. The Morgan fingerprint density at radius 1 is 1.10 bits per heavy atom. The van der Waals surface area contributed by atoms with Crippen molar-refractivity contribution >= 4 is 6.21 Å².